The average Bonchev–Trinajstić information content (AvgIpc) is 2.18. The highest BCUT2D eigenvalue weighted by atomic mass is 19.1. The minimum absolute atomic E-state index is 0.00606. The molecule has 5 heteroatoms. The van der Waals surface area contributed by atoms with E-state index in [-0.39, 0.29) is 18.5 Å². The summed E-state index contributed by atoms with van der Waals surface area (Å²) in [4.78, 5) is 3.37. The molecule has 0 radical (unpaired) electrons. The van der Waals surface area contributed by atoms with Crippen molar-refractivity contribution < 1.29 is 14.6 Å². The Balaban J connectivity index is 2.78. The Hall–Kier alpha value is -1.04. The van der Waals surface area contributed by atoms with Gasteiger partial charge in [0.1, 0.15) is 6.10 Å². The predicted molar refractivity (Wildman–Crippen MR) is 48.8 cm³/mol. The predicted octanol–water partition coefficient (Wildman–Crippen LogP) is -0.0362. The Morgan fingerprint density at radius 3 is 2.79 bits per heavy atom. The highest BCUT2D eigenvalue weighted by Gasteiger charge is 2.20. The molecule has 0 aliphatic rings. The second-order valence-electron chi connectivity index (χ2n) is 2.97. The van der Waals surface area contributed by atoms with Gasteiger partial charge in [-0.25, -0.2) is 4.98 Å². The van der Waals surface area contributed by atoms with Crippen LogP contribution in [0.15, 0.2) is 18.3 Å². The molecule has 2 unspecified atom stereocenters. The molecule has 0 spiro atoms. The van der Waals surface area contributed by atoms with Gasteiger partial charge in [0.2, 0.25) is 5.95 Å². The van der Waals surface area contributed by atoms with Gasteiger partial charge in [0.15, 0.2) is 0 Å². The third-order valence-corrected chi connectivity index (χ3v) is 1.93. The largest absolute Gasteiger partial charge is 0.390 e. The molecule has 4 nitrogen and oxygen atoms in total. The van der Waals surface area contributed by atoms with Crippen molar-refractivity contribution in [3.05, 3.63) is 29.8 Å². The zero-order chi connectivity index (χ0) is 10.6. The summed E-state index contributed by atoms with van der Waals surface area (Å²) < 4.78 is 13.0. The Labute approximate surface area is 81.2 Å². The van der Waals surface area contributed by atoms with Crippen molar-refractivity contribution >= 4 is 0 Å². The quantitative estimate of drug-likeness (QED) is 0.596. The van der Waals surface area contributed by atoms with Gasteiger partial charge < -0.3 is 15.9 Å². The normalized spacial score (nSPS) is 15.1. The van der Waals surface area contributed by atoms with Crippen LogP contribution in [0.1, 0.15) is 18.1 Å². The fraction of sp³-hybridized carbons (Fsp3) is 0.444. The molecule has 0 saturated carbocycles. The first-order chi connectivity index (χ1) is 6.66. The zero-order valence-corrected chi connectivity index (χ0v) is 7.60. The van der Waals surface area contributed by atoms with Crippen LogP contribution in [0, 0.1) is 5.95 Å². The van der Waals surface area contributed by atoms with E-state index in [4.69, 9.17) is 5.73 Å². The number of nitrogens with zero attached hydrogens (tertiary/aromatic N) is 1. The smallest absolute Gasteiger partial charge is 0.218 e. The van der Waals surface area contributed by atoms with Crippen LogP contribution >= 0.6 is 0 Å². The molecule has 0 aromatic carbocycles. The molecule has 0 fully saturated rings. The fourth-order valence-corrected chi connectivity index (χ4v) is 1.15. The van der Waals surface area contributed by atoms with Gasteiger partial charge in [-0.3, -0.25) is 0 Å². The fourth-order valence-electron chi connectivity index (χ4n) is 1.15. The van der Waals surface area contributed by atoms with E-state index in [1.54, 1.807) is 0 Å². The zero-order valence-electron chi connectivity index (χ0n) is 7.60. The summed E-state index contributed by atoms with van der Waals surface area (Å²) in [5, 5.41) is 18.9. The van der Waals surface area contributed by atoms with E-state index >= 15 is 0 Å². The van der Waals surface area contributed by atoms with Crippen LogP contribution in [0.3, 0.4) is 0 Å². The number of pyridine rings is 1. The summed E-state index contributed by atoms with van der Waals surface area (Å²) >= 11 is 0. The monoisotopic (exact) mass is 200 g/mol. The second kappa shape index (κ2) is 4.99. The maximum atomic E-state index is 13.0. The maximum Gasteiger partial charge on any atom is 0.218 e. The Morgan fingerprint density at radius 1 is 1.50 bits per heavy atom. The number of hydrogen-bond donors (Lipinski definition) is 3. The summed E-state index contributed by atoms with van der Waals surface area (Å²) in [7, 11) is 0. The van der Waals surface area contributed by atoms with Crippen LogP contribution in [0.25, 0.3) is 0 Å². The molecular weight excluding hydrogens is 187 g/mol. The van der Waals surface area contributed by atoms with Crippen LogP contribution < -0.4 is 5.73 Å². The standard InChI is InChI=1S/C9H13FN2O2/c10-9-6(2-1-5-12-9)8(14)7(13)3-4-11/h1-2,5,7-8,13-14H,3-4,11H2. The van der Waals surface area contributed by atoms with Crippen LogP contribution in [0.5, 0.6) is 0 Å². The van der Waals surface area contributed by atoms with Gasteiger partial charge in [-0.15, -0.1) is 0 Å². The molecule has 1 aromatic heterocycles. The van der Waals surface area contributed by atoms with Crippen molar-refractivity contribution in [3.8, 4) is 0 Å². The molecule has 0 saturated heterocycles. The number of aliphatic hydroxyl groups excluding tert-OH is 2. The van der Waals surface area contributed by atoms with Gasteiger partial charge >= 0.3 is 0 Å². The summed E-state index contributed by atoms with van der Waals surface area (Å²) in [6.07, 6.45) is -0.831. The van der Waals surface area contributed by atoms with Crippen LogP contribution in [-0.2, 0) is 0 Å². The SMILES string of the molecule is NCCC(O)C(O)c1cccnc1F. The molecule has 1 rings (SSSR count). The first-order valence-electron chi connectivity index (χ1n) is 4.33. The van der Waals surface area contributed by atoms with Crippen molar-refractivity contribution in [2.75, 3.05) is 6.54 Å². The molecule has 0 bridgehead atoms. The molecule has 0 amide bonds. The van der Waals surface area contributed by atoms with Crippen molar-refractivity contribution in [1.82, 2.24) is 4.98 Å². The third kappa shape index (κ3) is 2.47. The second-order valence-corrected chi connectivity index (χ2v) is 2.97. The van der Waals surface area contributed by atoms with E-state index in [1.807, 2.05) is 0 Å². The lowest BCUT2D eigenvalue weighted by Gasteiger charge is -2.17. The Bertz CT molecular complexity index is 296. The lowest BCUT2D eigenvalue weighted by molar-refractivity contribution is 0.0125. The van der Waals surface area contributed by atoms with Crippen molar-refractivity contribution in [3.63, 3.8) is 0 Å². The maximum absolute atomic E-state index is 13.0. The number of hydrogen-bond acceptors (Lipinski definition) is 4. The first kappa shape index (κ1) is 11.0. The highest BCUT2D eigenvalue weighted by molar-refractivity contribution is 5.15. The minimum Gasteiger partial charge on any atom is -0.390 e. The number of nitrogens with two attached hydrogens (primary N) is 1. The van der Waals surface area contributed by atoms with Gasteiger partial charge in [0, 0.05) is 11.8 Å². The summed E-state index contributed by atoms with van der Waals surface area (Å²) in [5.74, 6) is -0.768. The van der Waals surface area contributed by atoms with Crippen molar-refractivity contribution in [1.29, 1.82) is 0 Å². The van der Waals surface area contributed by atoms with Gasteiger partial charge in [-0.05, 0) is 19.0 Å². The molecule has 0 aliphatic heterocycles. The van der Waals surface area contributed by atoms with Crippen molar-refractivity contribution in [2.45, 2.75) is 18.6 Å². The van der Waals surface area contributed by atoms with E-state index in [1.165, 1.54) is 18.3 Å². The summed E-state index contributed by atoms with van der Waals surface area (Å²) in [6.45, 7) is 0.236. The van der Waals surface area contributed by atoms with E-state index in [2.05, 4.69) is 4.98 Å². The van der Waals surface area contributed by atoms with E-state index in [9.17, 15) is 14.6 Å². The van der Waals surface area contributed by atoms with Gasteiger partial charge in [-0.2, -0.15) is 4.39 Å². The molecule has 0 aliphatic carbocycles. The van der Waals surface area contributed by atoms with E-state index < -0.39 is 18.2 Å². The molecule has 2 atom stereocenters. The van der Waals surface area contributed by atoms with Crippen LogP contribution in [-0.4, -0.2) is 27.8 Å². The summed E-state index contributed by atoms with van der Waals surface area (Å²) in [5.41, 5.74) is 5.20. The lowest BCUT2D eigenvalue weighted by Crippen LogP contribution is -2.22. The molecule has 1 heterocycles. The number of rotatable bonds is 4. The first-order valence-corrected chi connectivity index (χ1v) is 4.33. The van der Waals surface area contributed by atoms with Gasteiger partial charge in [0.25, 0.3) is 0 Å². The molecule has 4 N–H and O–H groups in total. The molecule has 78 valence electrons. The molecule has 14 heavy (non-hydrogen) atoms. The number of halogens is 1. The molecular formula is C9H13FN2O2. The van der Waals surface area contributed by atoms with Crippen molar-refractivity contribution in [2.24, 2.45) is 5.73 Å². The Kier molecular flexibility index (Phi) is 3.94. The lowest BCUT2D eigenvalue weighted by atomic mass is 10.0. The third-order valence-electron chi connectivity index (χ3n) is 1.93. The summed E-state index contributed by atoms with van der Waals surface area (Å²) in [6, 6.07) is 2.88. The average molecular weight is 200 g/mol. The number of aliphatic hydroxyl groups is 2. The molecule has 1 aromatic rings. The minimum atomic E-state index is -1.27. The van der Waals surface area contributed by atoms with Crippen LogP contribution in [0.4, 0.5) is 4.39 Å². The highest BCUT2D eigenvalue weighted by Crippen LogP contribution is 2.19. The number of aromatic nitrogens is 1. The Morgan fingerprint density at radius 2 is 2.21 bits per heavy atom. The van der Waals surface area contributed by atoms with Crippen LogP contribution in [0.2, 0.25) is 0 Å². The van der Waals surface area contributed by atoms with E-state index in [0.717, 1.165) is 0 Å². The van der Waals surface area contributed by atoms with Gasteiger partial charge in [0.05, 0.1) is 6.10 Å². The topological polar surface area (TPSA) is 79.4 Å². The van der Waals surface area contributed by atoms with Gasteiger partial charge in [-0.1, -0.05) is 6.07 Å². The van der Waals surface area contributed by atoms with E-state index in [0.29, 0.717) is 0 Å².